The van der Waals surface area contributed by atoms with E-state index in [0.29, 0.717) is 18.4 Å². The molecule has 1 rings (SSSR count). The highest BCUT2D eigenvalue weighted by Gasteiger charge is 2.20. The number of carboxylic acid groups (broad SMARTS) is 1. The number of urea groups is 1. The molecule has 2 amide bonds. The zero-order valence-electron chi connectivity index (χ0n) is 11.2. The monoisotopic (exact) mass is 290 g/mol. The number of methoxy groups -OCH3 is 1. The molecule has 1 saturated heterocycles. The predicted octanol–water partition coefficient (Wildman–Crippen LogP) is 1.06. The summed E-state index contributed by atoms with van der Waals surface area (Å²) in [6, 6.07) is -1.33. The SMILES string of the molecule is COCCC(NC(=O)NCC1CCCCS1)C(=O)O. The van der Waals surface area contributed by atoms with Gasteiger partial charge in [-0.1, -0.05) is 6.42 Å². The molecule has 0 spiro atoms. The van der Waals surface area contributed by atoms with Gasteiger partial charge in [-0.3, -0.25) is 0 Å². The summed E-state index contributed by atoms with van der Waals surface area (Å²) in [5.41, 5.74) is 0. The van der Waals surface area contributed by atoms with E-state index in [1.807, 2.05) is 11.8 Å². The summed E-state index contributed by atoms with van der Waals surface area (Å²) in [6.07, 6.45) is 3.81. The molecular formula is C12H22N2O4S. The van der Waals surface area contributed by atoms with Crippen LogP contribution in [0.15, 0.2) is 0 Å². The van der Waals surface area contributed by atoms with Crippen LogP contribution in [0, 0.1) is 0 Å². The number of hydrogen-bond acceptors (Lipinski definition) is 4. The zero-order valence-corrected chi connectivity index (χ0v) is 12.0. The molecule has 6 nitrogen and oxygen atoms in total. The molecule has 1 heterocycles. The standard InChI is InChI=1S/C12H22N2O4S/c1-18-6-5-10(11(15)16)14-12(17)13-8-9-4-2-3-7-19-9/h9-10H,2-8H2,1H3,(H,15,16)(H2,13,14,17). The summed E-state index contributed by atoms with van der Waals surface area (Å²) >= 11 is 1.87. The van der Waals surface area contributed by atoms with Crippen LogP contribution in [-0.4, -0.2) is 54.4 Å². The van der Waals surface area contributed by atoms with Gasteiger partial charge in [0, 0.05) is 31.9 Å². The summed E-state index contributed by atoms with van der Waals surface area (Å²) < 4.78 is 4.82. The lowest BCUT2D eigenvalue weighted by Gasteiger charge is -2.22. The average Bonchev–Trinajstić information content (AvgIpc) is 2.42. The maximum Gasteiger partial charge on any atom is 0.326 e. The van der Waals surface area contributed by atoms with Crippen molar-refractivity contribution in [3.63, 3.8) is 0 Å². The Labute approximate surface area is 117 Å². The number of thioether (sulfide) groups is 1. The number of amides is 2. The topological polar surface area (TPSA) is 87.7 Å². The van der Waals surface area contributed by atoms with Gasteiger partial charge in [0.1, 0.15) is 6.04 Å². The van der Waals surface area contributed by atoms with Crippen LogP contribution in [0.25, 0.3) is 0 Å². The van der Waals surface area contributed by atoms with Gasteiger partial charge in [-0.15, -0.1) is 0 Å². The molecule has 1 fully saturated rings. The molecule has 110 valence electrons. The van der Waals surface area contributed by atoms with E-state index in [9.17, 15) is 9.59 Å². The summed E-state index contributed by atoms with van der Waals surface area (Å²) in [4.78, 5) is 22.6. The lowest BCUT2D eigenvalue weighted by atomic mass is 10.2. The Kier molecular flexibility index (Phi) is 7.66. The summed E-state index contributed by atoms with van der Waals surface area (Å²) in [5.74, 6) is 0.0961. The van der Waals surface area contributed by atoms with Gasteiger partial charge in [0.05, 0.1) is 0 Å². The summed E-state index contributed by atoms with van der Waals surface area (Å²) in [6.45, 7) is 0.892. The first-order chi connectivity index (χ1) is 9.13. The minimum Gasteiger partial charge on any atom is -0.480 e. The Balaban J connectivity index is 2.25. The van der Waals surface area contributed by atoms with E-state index in [0.717, 1.165) is 12.2 Å². The van der Waals surface area contributed by atoms with E-state index in [2.05, 4.69) is 10.6 Å². The normalized spacial score (nSPS) is 20.6. The Morgan fingerprint density at radius 2 is 2.26 bits per heavy atom. The van der Waals surface area contributed by atoms with Gasteiger partial charge in [-0.2, -0.15) is 11.8 Å². The van der Waals surface area contributed by atoms with Crippen LogP contribution < -0.4 is 10.6 Å². The first-order valence-corrected chi connectivity index (χ1v) is 7.56. The Morgan fingerprint density at radius 1 is 1.47 bits per heavy atom. The third-order valence-corrected chi connectivity index (χ3v) is 4.38. The second-order valence-corrected chi connectivity index (χ2v) is 5.92. The van der Waals surface area contributed by atoms with Crippen molar-refractivity contribution in [2.45, 2.75) is 37.0 Å². The molecule has 2 unspecified atom stereocenters. The molecule has 3 N–H and O–H groups in total. The van der Waals surface area contributed by atoms with Gasteiger partial charge in [0.25, 0.3) is 0 Å². The van der Waals surface area contributed by atoms with Gasteiger partial charge in [-0.25, -0.2) is 9.59 Å². The number of carboxylic acids is 1. The Hall–Kier alpha value is -0.950. The molecule has 0 bridgehead atoms. The molecule has 0 aliphatic carbocycles. The molecule has 1 aliphatic heterocycles. The first-order valence-electron chi connectivity index (χ1n) is 6.51. The second-order valence-electron chi connectivity index (χ2n) is 4.52. The van der Waals surface area contributed by atoms with Crippen molar-refractivity contribution in [1.82, 2.24) is 10.6 Å². The van der Waals surface area contributed by atoms with Crippen LogP contribution in [-0.2, 0) is 9.53 Å². The van der Waals surface area contributed by atoms with Gasteiger partial charge < -0.3 is 20.5 Å². The third-order valence-electron chi connectivity index (χ3n) is 2.98. The largest absolute Gasteiger partial charge is 0.480 e. The molecule has 1 aliphatic rings. The van der Waals surface area contributed by atoms with E-state index >= 15 is 0 Å². The number of nitrogens with one attached hydrogen (secondary N) is 2. The van der Waals surface area contributed by atoms with Crippen LogP contribution in [0.5, 0.6) is 0 Å². The number of rotatable bonds is 7. The van der Waals surface area contributed by atoms with Gasteiger partial charge in [0.15, 0.2) is 0 Å². The van der Waals surface area contributed by atoms with Crippen molar-refractivity contribution >= 4 is 23.8 Å². The van der Waals surface area contributed by atoms with Crippen molar-refractivity contribution < 1.29 is 19.4 Å². The van der Waals surface area contributed by atoms with Crippen molar-refractivity contribution in [1.29, 1.82) is 0 Å². The highest BCUT2D eigenvalue weighted by Crippen LogP contribution is 2.24. The maximum atomic E-state index is 11.6. The molecule has 0 saturated carbocycles. The number of aliphatic carboxylic acids is 1. The maximum absolute atomic E-state index is 11.6. The fourth-order valence-electron chi connectivity index (χ4n) is 1.88. The van der Waals surface area contributed by atoms with Crippen LogP contribution in [0.2, 0.25) is 0 Å². The Bertz CT molecular complexity index is 295. The van der Waals surface area contributed by atoms with Crippen LogP contribution >= 0.6 is 11.8 Å². The number of ether oxygens (including phenoxy) is 1. The molecule has 0 radical (unpaired) electrons. The van der Waals surface area contributed by atoms with Gasteiger partial charge in [-0.05, 0) is 18.6 Å². The molecule has 0 aromatic heterocycles. The van der Waals surface area contributed by atoms with Crippen LogP contribution in [0.1, 0.15) is 25.7 Å². The van der Waals surface area contributed by atoms with Crippen molar-refractivity contribution in [3.8, 4) is 0 Å². The van der Waals surface area contributed by atoms with E-state index in [4.69, 9.17) is 9.84 Å². The van der Waals surface area contributed by atoms with Crippen molar-refractivity contribution in [2.24, 2.45) is 0 Å². The second kappa shape index (κ2) is 9.03. The quantitative estimate of drug-likeness (QED) is 0.652. The molecule has 0 aromatic rings. The first kappa shape index (κ1) is 16.1. The van der Waals surface area contributed by atoms with Crippen LogP contribution in [0.4, 0.5) is 4.79 Å². The Morgan fingerprint density at radius 3 is 2.84 bits per heavy atom. The average molecular weight is 290 g/mol. The van der Waals surface area contributed by atoms with Crippen LogP contribution in [0.3, 0.4) is 0 Å². The third kappa shape index (κ3) is 6.68. The summed E-state index contributed by atoms with van der Waals surface area (Å²) in [7, 11) is 1.50. The van der Waals surface area contributed by atoms with Gasteiger partial charge >= 0.3 is 12.0 Å². The molecular weight excluding hydrogens is 268 g/mol. The highest BCUT2D eigenvalue weighted by atomic mass is 32.2. The smallest absolute Gasteiger partial charge is 0.326 e. The van der Waals surface area contributed by atoms with E-state index in [1.54, 1.807) is 0 Å². The van der Waals surface area contributed by atoms with Gasteiger partial charge in [0.2, 0.25) is 0 Å². The molecule has 19 heavy (non-hydrogen) atoms. The highest BCUT2D eigenvalue weighted by molar-refractivity contribution is 7.99. The minimum atomic E-state index is -1.04. The molecule has 0 aromatic carbocycles. The van der Waals surface area contributed by atoms with E-state index in [-0.39, 0.29) is 6.42 Å². The zero-order chi connectivity index (χ0) is 14.1. The number of carbonyl (C=O) groups is 2. The molecule has 7 heteroatoms. The van der Waals surface area contributed by atoms with E-state index < -0.39 is 18.0 Å². The van der Waals surface area contributed by atoms with Crippen molar-refractivity contribution in [3.05, 3.63) is 0 Å². The minimum absolute atomic E-state index is 0.261. The van der Waals surface area contributed by atoms with E-state index in [1.165, 1.54) is 20.0 Å². The fraction of sp³-hybridized carbons (Fsp3) is 0.833. The fourth-order valence-corrected chi connectivity index (χ4v) is 3.12. The predicted molar refractivity (Wildman–Crippen MR) is 74.5 cm³/mol. The molecule has 2 atom stereocenters. The van der Waals surface area contributed by atoms with Crippen molar-refractivity contribution in [2.75, 3.05) is 26.0 Å². The lowest BCUT2D eigenvalue weighted by Crippen LogP contribution is -2.47. The number of carbonyl (C=O) groups excluding carboxylic acids is 1. The lowest BCUT2D eigenvalue weighted by molar-refractivity contribution is -0.139. The number of hydrogen-bond donors (Lipinski definition) is 3. The summed E-state index contributed by atoms with van der Waals surface area (Å²) in [5, 5.41) is 14.6.